The lowest BCUT2D eigenvalue weighted by molar-refractivity contribution is 0.0340. The molecule has 1 heterocycles. The summed E-state index contributed by atoms with van der Waals surface area (Å²) in [6.07, 6.45) is 6.31. The normalized spacial score (nSPS) is 17.6. The second-order valence-corrected chi connectivity index (χ2v) is 5.73. The quantitative estimate of drug-likeness (QED) is 0.753. The van der Waals surface area contributed by atoms with Gasteiger partial charge in [0.05, 0.1) is 0 Å². The molecule has 0 spiro atoms. The van der Waals surface area contributed by atoms with Crippen molar-refractivity contribution in [2.75, 3.05) is 13.1 Å². The largest absolute Gasteiger partial charge is 0.475 e. The van der Waals surface area contributed by atoms with Crippen molar-refractivity contribution in [1.82, 2.24) is 4.90 Å². The van der Waals surface area contributed by atoms with E-state index in [1.807, 2.05) is 25.1 Å². The van der Waals surface area contributed by atoms with Crippen molar-refractivity contribution in [3.8, 4) is 5.75 Å². The number of unbranched alkanes of at least 4 members (excludes halogenated alkanes) is 1. The maximum absolute atomic E-state index is 6.25. The van der Waals surface area contributed by atoms with Gasteiger partial charge in [0.15, 0.2) is 6.23 Å². The maximum Gasteiger partial charge on any atom is 0.152 e. The van der Waals surface area contributed by atoms with Crippen LogP contribution in [0.25, 0.3) is 0 Å². The minimum absolute atomic E-state index is 0.208. The van der Waals surface area contributed by atoms with E-state index >= 15 is 0 Å². The van der Waals surface area contributed by atoms with Gasteiger partial charge in [0.2, 0.25) is 0 Å². The predicted molar refractivity (Wildman–Crippen MR) is 80.9 cm³/mol. The van der Waals surface area contributed by atoms with Crippen LogP contribution in [-0.4, -0.2) is 24.2 Å². The zero-order chi connectivity index (χ0) is 13.7. The second-order valence-electron chi connectivity index (χ2n) is 5.32. The molecule has 0 radical (unpaired) electrons. The highest BCUT2D eigenvalue weighted by Gasteiger charge is 2.23. The van der Waals surface area contributed by atoms with Gasteiger partial charge in [-0.1, -0.05) is 31.0 Å². The van der Waals surface area contributed by atoms with Crippen molar-refractivity contribution in [3.63, 3.8) is 0 Å². The molecule has 0 aliphatic carbocycles. The molecule has 1 aliphatic rings. The molecule has 0 N–H and O–H groups in total. The fourth-order valence-corrected chi connectivity index (χ4v) is 2.75. The molecule has 1 aromatic rings. The third-order valence-corrected chi connectivity index (χ3v) is 4.24. The van der Waals surface area contributed by atoms with Crippen LogP contribution >= 0.6 is 11.6 Å². The van der Waals surface area contributed by atoms with Crippen LogP contribution in [0.2, 0.25) is 5.02 Å². The number of hydrogen-bond acceptors (Lipinski definition) is 2. The Morgan fingerprint density at radius 1 is 1.32 bits per heavy atom. The standard InChI is InChI=1S/C16H24ClNO/c1-3-4-10-16(18-11-5-6-12-18)19-15-9-7-8-14(17)13(15)2/h7-9,16H,3-6,10-12H2,1-2H3. The van der Waals surface area contributed by atoms with Crippen LogP contribution in [-0.2, 0) is 0 Å². The fourth-order valence-electron chi connectivity index (χ4n) is 2.59. The molecular weight excluding hydrogens is 258 g/mol. The van der Waals surface area contributed by atoms with Crippen molar-refractivity contribution in [3.05, 3.63) is 28.8 Å². The minimum atomic E-state index is 0.208. The molecule has 2 nitrogen and oxygen atoms in total. The highest BCUT2D eigenvalue weighted by Crippen LogP contribution is 2.28. The molecule has 0 amide bonds. The molecule has 1 aromatic carbocycles. The number of hydrogen-bond donors (Lipinski definition) is 0. The summed E-state index contributed by atoms with van der Waals surface area (Å²) in [7, 11) is 0. The van der Waals surface area contributed by atoms with Gasteiger partial charge in [0.1, 0.15) is 5.75 Å². The Morgan fingerprint density at radius 2 is 2.05 bits per heavy atom. The number of likely N-dealkylation sites (tertiary alicyclic amines) is 1. The van der Waals surface area contributed by atoms with Crippen molar-refractivity contribution < 1.29 is 4.74 Å². The minimum Gasteiger partial charge on any atom is -0.475 e. The molecule has 1 unspecified atom stereocenters. The van der Waals surface area contributed by atoms with Crippen molar-refractivity contribution in [1.29, 1.82) is 0 Å². The van der Waals surface area contributed by atoms with E-state index in [4.69, 9.17) is 16.3 Å². The molecule has 1 atom stereocenters. The van der Waals surface area contributed by atoms with E-state index < -0.39 is 0 Å². The van der Waals surface area contributed by atoms with Gasteiger partial charge in [-0.3, -0.25) is 4.90 Å². The number of benzene rings is 1. The molecule has 0 saturated carbocycles. The lowest BCUT2D eigenvalue weighted by Gasteiger charge is -2.29. The first-order valence-electron chi connectivity index (χ1n) is 7.38. The van der Waals surface area contributed by atoms with Crippen LogP contribution in [0.5, 0.6) is 5.75 Å². The number of nitrogens with zero attached hydrogens (tertiary/aromatic N) is 1. The molecule has 0 aromatic heterocycles. The summed E-state index contributed by atoms with van der Waals surface area (Å²) >= 11 is 6.17. The second kappa shape index (κ2) is 7.16. The van der Waals surface area contributed by atoms with Crippen LogP contribution in [0, 0.1) is 6.92 Å². The highest BCUT2D eigenvalue weighted by atomic mass is 35.5. The lowest BCUT2D eigenvalue weighted by atomic mass is 10.2. The van der Waals surface area contributed by atoms with Gasteiger partial charge in [-0.15, -0.1) is 0 Å². The Bertz CT molecular complexity index is 402. The summed E-state index contributed by atoms with van der Waals surface area (Å²) < 4.78 is 6.25. The Balaban J connectivity index is 2.07. The monoisotopic (exact) mass is 281 g/mol. The van der Waals surface area contributed by atoms with Gasteiger partial charge in [-0.2, -0.15) is 0 Å². The zero-order valence-corrected chi connectivity index (χ0v) is 12.7. The number of rotatable bonds is 6. The molecule has 1 aliphatic heterocycles. The van der Waals surface area contributed by atoms with Crippen molar-refractivity contribution in [2.24, 2.45) is 0 Å². The third kappa shape index (κ3) is 3.87. The van der Waals surface area contributed by atoms with E-state index in [0.717, 1.165) is 35.8 Å². The summed E-state index contributed by atoms with van der Waals surface area (Å²) in [5.41, 5.74) is 1.05. The molecule has 106 valence electrons. The Labute approximate surface area is 121 Å². The van der Waals surface area contributed by atoms with E-state index in [-0.39, 0.29) is 6.23 Å². The van der Waals surface area contributed by atoms with Crippen LogP contribution in [0.15, 0.2) is 18.2 Å². The van der Waals surface area contributed by atoms with Crippen molar-refractivity contribution >= 4 is 11.6 Å². The predicted octanol–water partition coefficient (Wildman–Crippen LogP) is 4.64. The fraction of sp³-hybridized carbons (Fsp3) is 0.625. The average molecular weight is 282 g/mol. The Kier molecular flexibility index (Phi) is 5.53. The van der Waals surface area contributed by atoms with Crippen LogP contribution in [0.1, 0.15) is 44.6 Å². The smallest absolute Gasteiger partial charge is 0.152 e. The molecule has 1 fully saturated rings. The molecule has 1 saturated heterocycles. The van der Waals surface area contributed by atoms with E-state index in [2.05, 4.69) is 11.8 Å². The summed E-state index contributed by atoms with van der Waals surface area (Å²) in [5, 5.41) is 0.785. The highest BCUT2D eigenvalue weighted by molar-refractivity contribution is 6.31. The molecule has 19 heavy (non-hydrogen) atoms. The summed E-state index contributed by atoms with van der Waals surface area (Å²) in [4.78, 5) is 2.47. The first-order valence-corrected chi connectivity index (χ1v) is 7.76. The first kappa shape index (κ1) is 14.7. The summed E-state index contributed by atoms with van der Waals surface area (Å²) in [5.74, 6) is 0.931. The average Bonchev–Trinajstić information content (AvgIpc) is 2.93. The van der Waals surface area contributed by atoms with Crippen LogP contribution < -0.4 is 4.74 Å². The first-order chi connectivity index (χ1) is 9.22. The van der Waals surface area contributed by atoms with E-state index in [0.29, 0.717) is 0 Å². The van der Waals surface area contributed by atoms with Crippen LogP contribution in [0.4, 0.5) is 0 Å². The molecule has 0 bridgehead atoms. The van der Waals surface area contributed by atoms with Gasteiger partial charge in [-0.25, -0.2) is 0 Å². The van der Waals surface area contributed by atoms with Gasteiger partial charge in [0, 0.05) is 23.7 Å². The molecular formula is C16H24ClNO. The topological polar surface area (TPSA) is 12.5 Å². The summed E-state index contributed by atoms with van der Waals surface area (Å²) in [6.45, 7) is 6.58. The third-order valence-electron chi connectivity index (χ3n) is 3.83. The van der Waals surface area contributed by atoms with Gasteiger partial charge < -0.3 is 4.74 Å². The van der Waals surface area contributed by atoms with E-state index in [1.54, 1.807) is 0 Å². The number of halogens is 1. The maximum atomic E-state index is 6.25. The molecule has 3 heteroatoms. The van der Waals surface area contributed by atoms with E-state index in [1.165, 1.54) is 25.7 Å². The van der Waals surface area contributed by atoms with Gasteiger partial charge in [0.25, 0.3) is 0 Å². The van der Waals surface area contributed by atoms with Crippen LogP contribution in [0.3, 0.4) is 0 Å². The van der Waals surface area contributed by atoms with Gasteiger partial charge >= 0.3 is 0 Å². The Hall–Kier alpha value is -0.730. The van der Waals surface area contributed by atoms with Gasteiger partial charge in [-0.05, 0) is 44.7 Å². The van der Waals surface area contributed by atoms with Crippen molar-refractivity contribution in [2.45, 2.75) is 52.2 Å². The Morgan fingerprint density at radius 3 is 2.74 bits per heavy atom. The SMILES string of the molecule is CCCCC(Oc1cccc(Cl)c1C)N1CCCC1. The number of ether oxygens (including phenoxy) is 1. The van der Waals surface area contributed by atoms with E-state index in [9.17, 15) is 0 Å². The lowest BCUT2D eigenvalue weighted by Crippen LogP contribution is -2.37. The molecule has 2 rings (SSSR count). The summed E-state index contributed by atoms with van der Waals surface area (Å²) in [6, 6.07) is 5.91. The zero-order valence-electron chi connectivity index (χ0n) is 12.0.